The van der Waals surface area contributed by atoms with E-state index in [2.05, 4.69) is 15.4 Å². The Morgan fingerprint density at radius 1 is 1.47 bits per heavy atom. The van der Waals surface area contributed by atoms with Gasteiger partial charge in [0.1, 0.15) is 0 Å². The molecule has 2 heterocycles. The second kappa shape index (κ2) is 3.91. The van der Waals surface area contributed by atoms with Gasteiger partial charge in [0.2, 0.25) is 0 Å². The molecule has 0 saturated heterocycles. The minimum absolute atomic E-state index is 0.148. The van der Waals surface area contributed by atoms with Crippen molar-refractivity contribution in [1.82, 2.24) is 20.1 Å². The minimum Gasteiger partial charge on any atom is -0.355 e. The Morgan fingerprint density at radius 2 is 2.33 bits per heavy atom. The predicted molar refractivity (Wildman–Crippen MR) is 54.7 cm³/mol. The number of hydrogen-bond donors (Lipinski definition) is 1. The molecular weight excluding hydrogens is 192 g/mol. The fourth-order valence-corrected chi connectivity index (χ4v) is 1.21. The van der Waals surface area contributed by atoms with Crippen molar-refractivity contribution in [3.8, 4) is 5.69 Å². The number of hydrogen-bond acceptors (Lipinski definition) is 3. The quantitative estimate of drug-likeness (QED) is 0.776. The highest BCUT2D eigenvalue weighted by Crippen LogP contribution is 2.05. The van der Waals surface area contributed by atoms with Crippen LogP contribution in [0.3, 0.4) is 0 Å². The second-order valence-electron chi connectivity index (χ2n) is 2.96. The number of pyridine rings is 1. The minimum atomic E-state index is -0.148. The lowest BCUT2D eigenvalue weighted by atomic mass is 10.3. The first kappa shape index (κ1) is 9.39. The van der Waals surface area contributed by atoms with Crippen molar-refractivity contribution in [1.29, 1.82) is 0 Å². The average molecular weight is 202 g/mol. The third-order valence-corrected chi connectivity index (χ3v) is 1.98. The fourth-order valence-electron chi connectivity index (χ4n) is 1.21. The zero-order valence-corrected chi connectivity index (χ0v) is 8.21. The Balaban J connectivity index is 2.32. The zero-order chi connectivity index (χ0) is 10.7. The largest absolute Gasteiger partial charge is 0.355 e. The van der Waals surface area contributed by atoms with Gasteiger partial charge in [0.15, 0.2) is 0 Å². The molecule has 0 aliphatic rings. The first-order valence-electron chi connectivity index (χ1n) is 4.48. The number of rotatable bonds is 2. The lowest BCUT2D eigenvalue weighted by Crippen LogP contribution is -2.16. The molecule has 2 aromatic rings. The van der Waals surface area contributed by atoms with E-state index in [1.54, 1.807) is 30.3 Å². The molecule has 5 nitrogen and oxygen atoms in total. The molecule has 0 atom stereocenters. The van der Waals surface area contributed by atoms with Gasteiger partial charge in [-0.05, 0) is 12.1 Å². The molecule has 0 bridgehead atoms. The number of amides is 1. The molecule has 5 heteroatoms. The van der Waals surface area contributed by atoms with Crippen LogP contribution >= 0.6 is 0 Å². The van der Waals surface area contributed by atoms with Gasteiger partial charge in [-0.1, -0.05) is 0 Å². The number of nitrogens with one attached hydrogen (secondary N) is 1. The van der Waals surface area contributed by atoms with E-state index in [0.29, 0.717) is 5.56 Å². The number of carbonyl (C=O) groups is 1. The molecule has 0 fully saturated rings. The van der Waals surface area contributed by atoms with Crippen LogP contribution in [-0.2, 0) is 0 Å². The molecule has 2 rings (SSSR count). The molecule has 0 aromatic carbocycles. The van der Waals surface area contributed by atoms with E-state index in [1.807, 2.05) is 12.1 Å². The van der Waals surface area contributed by atoms with E-state index in [-0.39, 0.29) is 5.91 Å². The summed E-state index contributed by atoms with van der Waals surface area (Å²) in [6, 6.07) is 3.68. The normalized spacial score (nSPS) is 9.93. The van der Waals surface area contributed by atoms with Crippen LogP contribution < -0.4 is 5.32 Å². The van der Waals surface area contributed by atoms with E-state index < -0.39 is 0 Å². The first-order valence-corrected chi connectivity index (χ1v) is 4.48. The van der Waals surface area contributed by atoms with Gasteiger partial charge in [-0.15, -0.1) is 0 Å². The average Bonchev–Trinajstić information content (AvgIpc) is 2.78. The maximum atomic E-state index is 11.3. The van der Waals surface area contributed by atoms with Crippen LogP contribution in [0.4, 0.5) is 0 Å². The summed E-state index contributed by atoms with van der Waals surface area (Å²) in [5, 5.41) is 6.61. The highest BCUT2D eigenvalue weighted by atomic mass is 16.1. The van der Waals surface area contributed by atoms with Crippen molar-refractivity contribution in [2.45, 2.75) is 0 Å². The number of carbonyl (C=O) groups excluding carboxylic acids is 1. The van der Waals surface area contributed by atoms with Gasteiger partial charge in [0.05, 0.1) is 23.6 Å². The van der Waals surface area contributed by atoms with E-state index in [1.165, 1.54) is 6.20 Å². The van der Waals surface area contributed by atoms with Crippen molar-refractivity contribution in [2.24, 2.45) is 0 Å². The van der Waals surface area contributed by atoms with Gasteiger partial charge in [0.25, 0.3) is 5.91 Å². The van der Waals surface area contributed by atoms with E-state index in [9.17, 15) is 4.79 Å². The number of aromatic nitrogens is 3. The summed E-state index contributed by atoms with van der Waals surface area (Å²) in [6.07, 6.45) is 6.55. The first-order chi connectivity index (χ1) is 7.31. The molecule has 0 saturated carbocycles. The third kappa shape index (κ3) is 1.85. The summed E-state index contributed by atoms with van der Waals surface area (Å²) >= 11 is 0. The van der Waals surface area contributed by atoms with Gasteiger partial charge >= 0.3 is 0 Å². The lowest BCUT2D eigenvalue weighted by Gasteiger charge is -1.98. The van der Waals surface area contributed by atoms with Gasteiger partial charge < -0.3 is 5.32 Å². The topological polar surface area (TPSA) is 59.8 Å². The highest BCUT2D eigenvalue weighted by molar-refractivity contribution is 5.93. The highest BCUT2D eigenvalue weighted by Gasteiger charge is 2.06. The summed E-state index contributed by atoms with van der Waals surface area (Å²) in [6.45, 7) is 0. The van der Waals surface area contributed by atoms with Crippen LogP contribution in [-0.4, -0.2) is 27.7 Å². The Hall–Kier alpha value is -2.17. The van der Waals surface area contributed by atoms with Crippen LogP contribution in [0.15, 0.2) is 36.9 Å². The third-order valence-electron chi connectivity index (χ3n) is 1.98. The van der Waals surface area contributed by atoms with Crippen molar-refractivity contribution < 1.29 is 4.79 Å². The van der Waals surface area contributed by atoms with Gasteiger partial charge in [-0.25, -0.2) is 4.68 Å². The summed E-state index contributed by atoms with van der Waals surface area (Å²) in [5.41, 5.74) is 1.36. The van der Waals surface area contributed by atoms with Crippen LogP contribution in [0.2, 0.25) is 0 Å². The Morgan fingerprint density at radius 3 is 3.00 bits per heavy atom. The molecule has 0 aliphatic carbocycles. The Bertz CT molecular complexity index is 463. The van der Waals surface area contributed by atoms with E-state index in [4.69, 9.17) is 0 Å². The van der Waals surface area contributed by atoms with Crippen molar-refractivity contribution in [3.05, 3.63) is 42.5 Å². The molecule has 76 valence electrons. The molecule has 2 aromatic heterocycles. The molecule has 0 spiro atoms. The van der Waals surface area contributed by atoms with Gasteiger partial charge in [0, 0.05) is 19.4 Å². The summed E-state index contributed by atoms with van der Waals surface area (Å²) in [4.78, 5) is 15.3. The molecule has 15 heavy (non-hydrogen) atoms. The SMILES string of the molecule is CNC(=O)c1cnn(-c2cccnc2)c1. The Labute approximate surface area is 86.8 Å². The molecular formula is C10H10N4O. The van der Waals surface area contributed by atoms with E-state index >= 15 is 0 Å². The van der Waals surface area contributed by atoms with Crippen LogP contribution in [0.1, 0.15) is 10.4 Å². The van der Waals surface area contributed by atoms with Crippen LogP contribution in [0.25, 0.3) is 5.69 Å². The van der Waals surface area contributed by atoms with Crippen molar-refractivity contribution >= 4 is 5.91 Å². The second-order valence-corrected chi connectivity index (χ2v) is 2.96. The van der Waals surface area contributed by atoms with Crippen LogP contribution in [0.5, 0.6) is 0 Å². The fraction of sp³-hybridized carbons (Fsp3) is 0.100. The summed E-state index contributed by atoms with van der Waals surface area (Å²) < 4.78 is 1.61. The van der Waals surface area contributed by atoms with Gasteiger partial charge in [-0.3, -0.25) is 9.78 Å². The van der Waals surface area contributed by atoms with Crippen molar-refractivity contribution in [2.75, 3.05) is 7.05 Å². The van der Waals surface area contributed by atoms with Crippen molar-refractivity contribution in [3.63, 3.8) is 0 Å². The van der Waals surface area contributed by atoms with Crippen LogP contribution in [0, 0.1) is 0 Å². The maximum Gasteiger partial charge on any atom is 0.254 e. The molecule has 1 amide bonds. The monoisotopic (exact) mass is 202 g/mol. The molecule has 0 radical (unpaired) electrons. The zero-order valence-electron chi connectivity index (χ0n) is 8.21. The lowest BCUT2D eigenvalue weighted by molar-refractivity contribution is 0.0963. The predicted octanol–water partition coefficient (Wildman–Crippen LogP) is 0.627. The Kier molecular flexibility index (Phi) is 2.45. The molecule has 1 N–H and O–H groups in total. The summed E-state index contributed by atoms with van der Waals surface area (Å²) in [7, 11) is 1.59. The van der Waals surface area contributed by atoms with E-state index in [0.717, 1.165) is 5.69 Å². The van der Waals surface area contributed by atoms with Gasteiger partial charge in [-0.2, -0.15) is 5.10 Å². The standard InChI is InChI=1S/C10H10N4O/c1-11-10(15)8-5-13-14(7-8)9-3-2-4-12-6-9/h2-7H,1H3,(H,11,15). The summed E-state index contributed by atoms with van der Waals surface area (Å²) in [5.74, 6) is -0.148. The number of nitrogens with zero attached hydrogens (tertiary/aromatic N) is 3. The molecule has 0 unspecified atom stereocenters. The molecule has 0 aliphatic heterocycles. The maximum absolute atomic E-state index is 11.3. The smallest absolute Gasteiger partial charge is 0.254 e.